The van der Waals surface area contributed by atoms with Crippen LogP contribution in [0.1, 0.15) is 33.4 Å². The van der Waals surface area contributed by atoms with E-state index in [1.807, 2.05) is 26.4 Å². The maximum absolute atomic E-state index is 4.03. The number of imidazole rings is 1. The molecule has 0 bridgehead atoms. The Bertz CT molecular complexity index is 161. The predicted molar refractivity (Wildman–Crippen MR) is 48.6 cm³/mol. The summed E-state index contributed by atoms with van der Waals surface area (Å²) >= 11 is 0. The fraction of sp³-hybridized carbons (Fsp3) is 0.667. The van der Waals surface area contributed by atoms with Gasteiger partial charge in [-0.15, -0.1) is 0 Å². The highest BCUT2D eigenvalue weighted by Crippen LogP contribution is 1.98. The van der Waals surface area contributed by atoms with Crippen LogP contribution in [0.5, 0.6) is 0 Å². The fourth-order valence-electron chi connectivity index (χ4n) is 0.927. The third kappa shape index (κ3) is 2.74. The predicted octanol–water partition coefficient (Wildman–Crippen LogP) is 2.49. The molecule has 0 atom stereocenters. The zero-order valence-corrected chi connectivity index (χ0v) is 7.96. The Labute approximate surface area is 69.3 Å². The van der Waals surface area contributed by atoms with Crippen molar-refractivity contribution in [3.8, 4) is 0 Å². The van der Waals surface area contributed by atoms with Crippen LogP contribution in [0.25, 0.3) is 0 Å². The van der Waals surface area contributed by atoms with Gasteiger partial charge < -0.3 is 4.57 Å². The molecule has 0 aliphatic carbocycles. The molecule has 0 amide bonds. The second-order valence-electron chi connectivity index (χ2n) is 2.02. The van der Waals surface area contributed by atoms with Crippen LogP contribution in [0.2, 0.25) is 0 Å². The van der Waals surface area contributed by atoms with Crippen LogP contribution in [-0.2, 0) is 13.0 Å². The molecule has 0 saturated heterocycles. The summed E-state index contributed by atoms with van der Waals surface area (Å²) in [6.45, 7) is 9.30. The summed E-state index contributed by atoms with van der Waals surface area (Å²) in [7, 11) is 0. The Kier molecular flexibility index (Phi) is 5.53. The van der Waals surface area contributed by atoms with Crippen LogP contribution < -0.4 is 0 Å². The van der Waals surface area contributed by atoms with E-state index in [1.165, 1.54) is 5.69 Å². The van der Waals surface area contributed by atoms with E-state index in [-0.39, 0.29) is 0 Å². The van der Waals surface area contributed by atoms with Crippen molar-refractivity contribution in [2.45, 2.75) is 40.7 Å². The second-order valence-corrected chi connectivity index (χ2v) is 2.02. The summed E-state index contributed by atoms with van der Waals surface area (Å²) < 4.78 is 2.15. The molecule has 1 rings (SSSR count). The third-order valence-electron chi connectivity index (χ3n) is 1.50. The normalized spacial score (nSPS) is 8.73. The van der Waals surface area contributed by atoms with Crippen LogP contribution in [0.15, 0.2) is 12.5 Å². The van der Waals surface area contributed by atoms with Crippen molar-refractivity contribution in [2.75, 3.05) is 0 Å². The zero-order valence-electron chi connectivity index (χ0n) is 7.96. The van der Waals surface area contributed by atoms with Crippen molar-refractivity contribution >= 4 is 0 Å². The summed E-state index contributed by atoms with van der Waals surface area (Å²) in [5.74, 6) is 0. The largest absolute Gasteiger partial charge is 0.335 e. The van der Waals surface area contributed by atoms with Gasteiger partial charge in [0.15, 0.2) is 0 Å². The SMILES string of the molecule is CC.CCc1cncn1CC. The number of hydrogen-bond donors (Lipinski definition) is 0. The lowest BCUT2D eigenvalue weighted by atomic mass is 10.4. The molecule has 0 fully saturated rings. The molecule has 0 aromatic carbocycles. The lowest BCUT2D eigenvalue weighted by Crippen LogP contribution is -1.96. The van der Waals surface area contributed by atoms with Crippen molar-refractivity contribution in [1.29, 1.82) is 0 Å². The third-order valence-corrected chi connectivity index (χ3v) is 1.50. The lowest BCUT2D eigenvalue weighted by molar-refractivity contribution is 0.717. The van der Waals surface area contributed by atoms with Gasteiger partial charge in [0, 0.05) is 18.4 Å². The Morgan fingerprint density at radius 2 is 2.00 bits per heavy atom. The Morgan fingerprint density at radius 1 is 1.36 bits per heavy atom. The quantitative estimate of drug-likeness (QED) is 0.640. The molecular formula is C9H18N2. The van der Waals surface area contributed by atoms with E-state index in [0.29, 0.717) is 0 Å². The summed E-state index contributed by atoms with van der Waals surface area (Å²) in [4.78, 5) is 4.03. The zero-order chi connectivity index (χ0) is 8.69. The molecule has 0 N–H and O–H groups in total. The minimum absolute atomic E-state index is 1.03. The molecule has 1 aromatic heterocycles. The van der Waals surface area contributed by atoms with Gasteiger partial charge >= 0.3 is 0 Å². The highest BCUT2D eigenvalue weighted by atomic mass is 15.0. The van der Waals surface area contributed by atoms with Crippen LogP contribution in [0.3, 0.4) is 0 Å². The fourth-order valence-corrected chi connectivity index (χ4v) is 0.927. The first kappa shape index (κ1) is 10.2. The maximum Gasteiger partial charge on any atom is 0.0948 e. The van der Waals surface area contributed by atoms with Gasteiger partial charge in [0.1, 0.15) is 0 Å². The molecule has 0 spiro atoms. The molecule has 1 heterocycles. The van der Waals surface area contributed by atoms with Crippen LogP contribution >= 0.6 is 0 Å². The Morgan fingerprint density at radius 3 is 2.36 bits per heavy atom. The number of hydrogen-bond acceptors (Lipinski definition) is 1. The molecule has 64 valence electrons. The number of aromatic nitrogens is 2. The lowest BCUT2D eigenvalue weighted by Gasteiger charge is -1.99. The van der Waals surface area contributed by atoms with E-state index in [2.05, 4.69) is 23.4 Å². The molecule has 2 heteroatoms. The first-order valence-electron chi connectivity index (χ1n) is 4.37. The average molecular weight is 154 g/mol. The van der Waals surface area contributed by atoms with E-state index in [9.17, 15) is 0 Å². The molecule has 0 unspecified atom stereocenters. The van der Waals surface area contributed by atoms with Gasteiger partial charge in [-0.05, 0) is 13.3 Å². The topological polar surface area (TPSA) is 17.8 Å². The average Bonchev–Trinajstić information content (AvgIpc) is 2.54. The molecule has 1 aromatic rings. The summed E-state index contributed by atoms with van der Waals surface area (Å²) in [5, 5.41) is 0. The van der Waals surface area contributed by atoms with Crippen molar-refractivity contribution in [1.82, 2.24) is 9.55 Å². The van der Waals surface area contributed by atoms with E-state index < -0.39 is 0 Å². The van der Waals surface area contributed by atoms with E-state index in [0.717, 1.165) is 13.0 Å². The van der Waals surface area contributed by atoms with Crippen molar-refractivity contribution in [3.63, 3.8) is 0 Å². The van der Waals surface area contributed by atoms with Gasteiger partial charge in [0.25, 0.3) is 0 Å². The van der Waals surface area contributed by atoms with E-state index >= 15 is 0 Å². The van der Waals surface area contributed by atoms with E-state index in [4.69, 9.17) is 0 Å². The molecule has 0 radical (unpaired) electrons. The number of nitrogens with zero attached hydrogens (tertiary/aromatic N) is 2. The number of aryl methyl sites for hydroxylation is 2. The van der Waals surface area contributed by atoms with Crippen LogP contribution in [-0.4, -0.2) is 9.55 Å². The van der Waals surface area contributed by atoms with Gasteiger partial charge in [-0.3, -0.25) is 0 Å². The van der Waals surface area contributed by atoms with Gasteiger partial charge in [0.05, 0.1) is 6.33 Å². The van der Waals surface area contributed by atoms with Crippen molar-refractivity contribution in [2.24, 2.45) is 0 Å². The molecule has 2 nitrogen and oxygen atoms in total. The van der Waals surface area contributed by atoms with Gasteiger partial charge in [-0.1, -0.05) is 20.8 Å². The second kappa shape index (κ2) is 5.96. The van der Waals surface area contributed by atoms with Crippen molar-refractivity contribution < 1.29 is 0 Å². The Balaban J connectivity index is 0.000000461. The van der Waals surface area contributed by atoms with E-state index in [1.54, 1.807) is 0 Å². The molecule has 0 aliphatic rings. The molecule has 0 aliphatic heterocycles. The highest BCUT2D eigenvalue weighted by molar-refractivity contribution is 4.96. The first-order valence-corrected chi connectivity index (χ1v) is 4.37. The maximum atomic E-state index is 4.03. The Hall–Kier alpha value is -0.790. The van der Waals surface area contributed by atoms with Crippen LogP contribution in [0.4, 0.5) is 0 Å². The number of rotatable bonds is 2. The summed E-state index contributed by atoms with van der Waals surface area (Å²) in [6.07, 6.45) is 4.87. The smallest absolute Gasteiger partial charge is 0.0948 e. The minimum Gasteiger partial charge on any atom is -0.335 e. The first-order chi connectivity index (χ1) is 5.38. The standard InChI is InChI=1S/C7H12N2.C2H6/c1-3-7-5-8-6-9(7)4-2;1-2/h5-6H,3-4H2,1-2H3;1-2H3. The monoisotopic (exact) mass is 154 g/mol. The van der Waals surface area contributed by atoms with Crippen molar-refractivity contribution in [3.05, 3.63) is 18.2 Å². The van der Waals surface area contributed by atoms with Gasteiger partial charge in [-0.2, -0.15) is 0 Å². The molecular weight excluding hydrogens is 136 g/mol. The minimum atomic E-state index is 1.03. The molecule has 0 saturated carbocycles. The highest BCUT2D eigenvalue weighted by Gasteiger charge is 1.93. The summed E-state index contributed by atoms with van der Waals surface area (Å²) in [6, 6.07) is 0. The van der Waals surface area contributed by atoms with Gasteiger partial charge in [0.2, 0.25) is 0 Å². The molecule has 11 heavy (non-hydrogen) atoms. The van der Waals surface area contributed by atoms with Gasteiger partial charge in [-0.25, -0.2) is 4.98 Å². The van der Waals surface area contributed by atoms with Crippen LogP contribution in [0, 0.1) is 0 Å². The summed E-state index contributed by atoms with van der Waals surface area (Å²) in [5.41, 5.74) is 1.32.